The summed E-state index contributed by atoms with van der Waals surface area (Å²) in [6.07, 6.45) is 1.66. The van der Waals surface area contributed by atoms with Crippen molar-refractivity contribution in [3.05, 3.63) is 109 Å². The largest absolute Gasteiger partial charge is 0.506 e. The Bertz CT molecular complexity index is 1550. The van der Waals surface area contributed by atoms with E-state index in [9.17, 15) is 14.7 Å². The van der Waals surface area contributed by atoms with Gasteiger partial charge in [0.05, 0.1) is 23.1 Å². The van der Waals surface area contributed by atoms with E-state index in [1.165, 1.54) is 7.11 Å². The molecule has 0 spiro atoms. The summed E-state index contributed by atoms with van der Waals surface area (Å²) in [5.41, 5.74) is 2.57. The number of benzene rings is 3. The number of nitrogens with zero attached hydrogens (tertiary/aromatic N) is 1. The van der Waals surface area contributed by atoms with E-state index >= 15 is 0 Å². The van der Waals surface area contributed by atoms with Crippen molar-refractivity contribution >= 4 is 62.3 Å². The number of aryl methyl sites for hydroxylation is 1. The molecule has 0 fully saturated rings. The Hall–Kier alpha value is -3.53. The average Bonchev–Trinajstić information content (AvgIpc) is 3.22. The molecule has 1 amide bonds. The summed E-state index contributed by atoms with van der Waals surface area (Å²) in [7, 11) is 1.52. The second kappa shape index (κ2) is 13.2. The first-order valence-corrected chi connectivity index (χ1v) is 14.1. The van der Waals surface area contributed by atoms with Crippen LogP contribution in [0.4, 0.5) is 0 Å². The van der Waals surface area contributed by atoms with Gasteiger partial charge >= 0.3 is 5.97 Å². The molecule has 3 aromatic rings. The molecule has 1 aliphatic heterocycles. The SMILES string of the molecule is CCOC(=O)C1=C(O)/C(=C/c2cc(Br)c(OCc3ccc(Cl)cc3)c(OC)c2)SC1=NC(=O)c1ccccc1C. The van der Waals surface area contributed by atoms with Crippen LogP contribution in [0.15, 0.2) is 86.4 Å². The minimum atomic E-state index is -0.767. The van der Waals surface area contributed by atoms with Crippen LogP contribution in [0.1, 0.15) is 34.0 Å². The number of halogens is 2. The molecule has 0 radical (unpaired) electrons. The van der Waals surface area contributed by atoms with E-state index < -0.39 is 11.9 Å². The molecule has 0 aliphatic carbocycles. The topological polar surface area (TPSA) is 94.4 Å². The lowest BCUT2D eigenvalue weighted by Crippen LogP contribution is -2.14. The molecule has 206 valence electrons. The fourth-order valence-electron chi connectivity index (χ4n) is 3.81. The van der Waals surface area contributed by atoms with Gasteiger partial charge in [-0.15, -0.1) is 0 Å². The van der Waals surface area contributed by atoms with Crippen molar-refractivity contribution in [1.29, 1.82) is 0 Å². The highest BCUT2D eigenvalue weighted by atomic mass is 79.9. The molecule has 7 nitrogen and oxygen atoms in total. The van der Waals surface area contributed by atoms with Crippen molar-refractivity contribution in [2.24, 2.45) is 4.99 Å². The van der Waals surface area contributed by atoms with E-state index in [1.54, 1.807) is 62.4 Å². The number of esters is 1. The Morgan fingerprint density at radius 1 is 1.12 bits per heavy atom. The van der Waals surface area contributed by atoms with Crippen LogP contribution in [0.3, 0.4) is 0 Å². The van der Waals surface area contributed by atoms with Crippen molar-refractivity contribution in [1.82, 2.24) is 0 Å². The van der Waals surface area contributed by atoms with Crippen molar-refractivity contribution in [3.63, 3.8) is 0 Å². The van der Waals surface area contributed by atoms with Crippen molar-refractivity contribution in [2.45, 2.75) is 20.5 Å². The smallest absolute Gasteiger partial charge is 0.344 e. The van der Waals surface area contributed by atoms with Gasteiger partial charge in [-0.25, -0.2) is 9.79 Å². The maximum atomic E-state index is 12.9. The highest BCUT2D eigenvalue weighted by molar-refractivity contribution is 9.10. The van der Waals surface area contributed by atoms with Gasteiger partial charge < -0.3 is 19.3 Å². The molecule has 40 heavy (non-hydrogen) atoms. The molecular weight excluding hydrogens is 618 g/mol. The van der Waals surface area contributed by atoms with E-state index in [-0.39, 0.29) is 23.0 Å². The second-order valence-corrected chi connectivity index (χ2v) is 10.9. The fraction of sp³-hybridized carbons (Fsp3) is 0.167. The number of amides is 1. The van der Waals surface area contributed by atoms with Crippen LogP contribution in [0, 0.1) is 6.92 Å². The number of rotatable bonds is 8. The minimum Gasteiger partial charge on any atom is -0.506 e. The molecule has 0 aromatic heterocycles. The summed E-state index contributed by atoms with van der Waals surface area (Å²) in [5.74, 6) is -0.662. The van der Waals surface area contributed by atoms with Crippen molar-refractivity contribution in [2.75, 3.05) is 13.7 Å². The van der Waals surface area contributed by atoms with Gasteiger partial charge in [0, 0.05) is 10.6 Å². The van der Waals surface area contributed by atoms with Gasteiger partial charge in [-0.1, -0.05) is 53.7 Å². The van der Waals surface area contributed by atoms with Crippen LogP contribution in [-0.4, -0.2) is 35.7 Å². The molecule has 0 saturated heterocycles. The summed E-state index contributed by atoms with van der Waals surface area (Å²) in [5, 5.41) is 11.7. The molecule has 0 unspecified atom stereocenters. The van der Waals surface area contributed by atoms with Crippen molar-refractivity contribution in [3.8, 4) is 11.5 Å². The zero-order valence-corrected chi connectivity index (χ0v) is 25.0. The number of aliphatic hydroxyl groups excluding tert-OH is 1. The Balaban J connectivity index is 1.66. The maximum absolute atomic E-state index is 12.9. The molecule has 4 rings (SSSR count). The molecule has 1 aliphatic rings. The summed E-state index contributed by atoms with van der Waals surface area (Å²) >= 11 is 10.5. The quantitative estimate of drug-likeness (QED) is 0.252. The predicted octanol–water partition coefficient (Wildman–Crippen LogP) is 7.70. The number of hydrogen-bond acceptors (Lipinski definition) is 7. The normalized spacial score (nSPS) is 15.0. The lowest BCUT2D eigenvalue weighted by molar-refractivity contribution is -0.138. The third-order valence-electron chi connectivity index (χ3n) is 5.79. The third kappa shape index (κ3) is 6.78. The number of carbonyl (C=O) groups is 2. The van der Waals surface area contributed by atoms with E-state index in [1.807, 2.05) is 18.2 Å². The number of aliphatic imine (C=N–C) groups is 1. The highest BCUT2D eigenvalue weighted by Gasteiger charge is 2.34. The van der Waals surface area contributed by atoms with Crippen LogP contribution in [-0.2, 0) is 16.1 Å². The molecule has 1 N–H and O–H groups in total. The molecule has 0 saturated carbocycles. The molecular formula is C30H25BrClNO6S. The number of ether oxygens (including phenoxy) is 3. The van der Waals surface area contributed by atoms with Crippen LogP contribution in [0.5, 0.6) is 11.5 Å². The van der Waals surface area contributed by atoms with E-state index in [4.69, 9.17) is 25.8 Å². The van der Waals surface area contributed by atoms with Gasteiger partial charge in [0.15, 0.2) is 11.5 Å². The fourth-order valence-corrected chi connectivity index (χ4v) is 5.52. The Morgan fingerprint density at radius 2 is 1.85 bits per heavy atom. The Morgan fingerprint density at radius 3 is 2.52 bits per heavy atom. The van der Waals surface area contributed by atoms with Gasteiger partial charge in [0.25, 0.3) is 5.91 Å². The van der Waals surface area contributed by atoms with Crippen molar-refractivity contribution < 1.29 is 28.9 Å². The predicted molar refractivity (Wildman–Crippen MR) is 161 cm³/mol. The molecule has 0 bridgehead atoms. The number of aliphatic hydroxyl groups is 1. The van der Waals surface area contributed by atoms with Crippen LogP contribution in [0.25, 0.3) is 6.08 Å². The van der Waals surface area contributed by atoms with Crippen LogP contribution in [0.2, 0.25) is 5.02 Å². The van der Waals surface area contributed by atoms with Gasteiger partial charge in [-0.05, 0) is 82.9 Å². The molecule has 3 aromatic carbocycles. The van der Waals surface area contributed by atoms with Gasteiger partial charge in [0.2, 0.25) is 0 Å². The first-order valence-electron chi connectivity index (χ1n) is 12.2. The Kier molecular flexibility index (Phi) is 9.73. The van der Waals surface area contributed by atoms with Gasteiger partial charge in [0.1, 0.15) is 23.0 Å². The number of thioether (sulfide) groups is 1. The highest BCUT2D eigenvalue weighted by Crippen LogP contribution is 2.42. The van der Waals surface area contributed by atoms with E-state index in [0.29, 0.717) is 43.6 Å². The first-order chi connectivity index (χ1) is 19.2. The number of carbonyl (C=O) groups excluding carboxylic acids is 2. The maximum Gasteiger partial charge on any atom is 0.344 e. The lowest BCUT2D eigenvalue weighted by Gasteiger charge is -2.14. The van der Waals surface area contributed by atoms with Gasteiger partial charge in [-0.3, -0.25) is 4.79 Å². The summed E-state index contributed by atoms with van der Waals surface area (Å²) in [6.45, 7) is 3.85. The molecule has 1 heterocycles. The van der Waals surface area contributed by atoms with E-state index in [0.717, 1.165) is 22.9 Å². The second-order valence-electron chi connectivity index (χ2n) is 8.54. The summed E-state index contributed by atoms with van der Waals surface area (Å²) < 4.78 is 17.3. The number of methoxy groups -OCH3 is 1. The Labute approximate surface area is 249 Å². The third-order valence-corrected chi connectivity index (χ3v) is 7.66. The molecule has 10 heteroatoms. The zero-order valence-electron chi connectivity index (χ0n) is 21.9. The zero-order chi connectivity index (χ0) is 28.8. The first kappa shape index (κ1) is 29.5. The summed E-state index contributed by atoms with van der Waals surface area (Å²) in [6, 6.07) is 17.9. The van der Waals surface area contributed by atoms with Gasteiger partial charge in [-0.2, -0.15) is 0 Å². The van der Waals surface area contributed by atoms with E-state index in [2.05, 4.69) is 20.9 Å². The number of hydrogen-bond donors (Lipinski definition) is 1. The standard InChI is InChI=1S/C30H25BrClNO6S/c1-4-38-30(36)25-26(34)24(40-29(25)33-28(35)21-8-6-5-7-17(21)2)15-19-13-22(31)27(23(14-19)37-3)39-16-18-9-11-20(32)12-10-18/h5-15,34H,4,16H2,1-3H3/b24-15-,33-29?. The summed E-state index contributed by atoms with van der Waals surface area (Å²) in [4.78, 5) is 30.2. The van der Waals surface area contributed by atoms with Crippen LogP contribution >= 0.6 is 39.3 Å². The minimum absolute atomic E-state index is 0.0596. The lowest BCUT2D eigenvalue weighted by atomic mass is 10.1. The monoisotopic (exact) mass is 641 g/mol. The molecule has 0 atom stereocenters. The average molecular weight is 643 g/mol. The van der Waals surface area contributed by atoms with Crippen LogP contribution < -0.4 is 9.47 Å².